The molecule has 5 amide bonds. The molecule has 4 N–H and O–H groups in total. The maximum Gasteiger partial charge on any atom is 0.416 e. The van der Waals surface area contributed by atoms with E-state index in [1.165, 1.54) is 21.9 Å². The second-order valence-corrected chi connectivity index (χ2v) is 13.2. The van der Waals surface area contributed by atoms with E-state index in [4.69, 9.17) is 14.2 Å². The molecule has 288 valence electrons. The molecule has 12 nitrogen and oxygen atoms in total. The molecule has 1 heterocycles. The van der Waals surface area contributed by atoms with Crippen LogP contribution in [0.15, 0.2) is 66.7 Å². The number of hydrogen-bond donors (Lipinski definition) is 4. The van der Waals surface area contributed by atoms with Gasteiger partial charge in [-0.05, 0) is 99.8 Å². The first-order chi connectivity index (χ1) is 25.2. The van der Waals surface area contributed by atoms with E-state index in [1.54, 1.807) is 63.5 Å². The molecule has 53 heavy (non-hydrogen) atoms. The molecule has 0 unspecified atom stereocenters. The van der Waals surface area contributed by atoms with Gasteiger partial charge in [-0.25, -0.2) is 9.59 Å². The van der Waals surface area contributed by atoms with Crippen LogP contribution in [0, 0.1) is 5.92 Å². The zero-order valence-corrected chi connectivity index (χ0v) is 30.5. The minimum atomic E-state index is -4.50. The van der Waals surface area contributed by atoms with Crippen LogP contribution < -0.4 is 25.4 Å². The van der Waals surface area contributed by atoms with Crippen LogP contribution in [0.3, 0.4) is 0 Å². The topological polar surface area (TPSA) is 142 Å². The zero-order valence-electron chi connectivity index (χ0n) is 30.5. The van der Waals surface area contributed by atoms with E-state index < -0.39 is 41.9 Å². The highest BCUT2D eigenvalue weighted by molar-refractivity contribution is 6.02. The molecule has 0 aromatic heterocycles. The second-order valence-electron chi connectivity index (χ2n) is 13.2. The highest BCUT2D eigenvalue weighted by Crippen LogP contribution is 2.31. The van der Waals surface area contributed by atoms with E-state index in [2.05, 4.69) is 16.0 Å². The molecule has 0 spiro atoms. The number of urea groups is 2. The smallest absolute Gasteiger partial charge is 0.416 e. The molecular formula is C38H48F3N5O7. The Hall–Kier alpha value is -5.02. The Bertz CT molecular complexity index is 1670. The minimum absolute atomic E-state index is 0.108. The number of rotatable bonds is 8. The van der Waals surface area contributed by atoms with E-state index in [1.807, 2.05) is 13.8 Å². The van der Waals surface area contributed by atoms with Gasteiger partial charge in [0.05, 0.1) is 43.1 Å². The second kappa shape index (κ2) is 18.6. The van der Waals surface area contributed by atoms with E-state index in [0.29, 0.717) is 42.3 Å². The number of methoxy groups -OCH3 is 1. The number of likely N-dealkylation sites (N-methyl/N-ethyl adjacent to an activating group) is 1. The summed E-state index contributed by atoms with van der Waals surface area (Å²) in [4.78, 5) is 43.3. The van der Waals surface area contributed by atoms with Crippen molar-refractivity contribution in [1.82, 2.24) is 9.80 Å². The van der Waals surface area contributed by atoms with E-state index in [-0.39, 0.29) is 43.0 Å². The maximum atomic E-state index is 14.4. The first-order valence-corrected chi connectivity index (χ1v) is 17.4. The van der Waals surface area contributed by atoms with Crippen molar-refractivity contribution in [2.45, 2.75) is 64.5 Å². The molecule has 0 radical (unpaired) electrons. The fraction of sp³-hybridized carbons (Fsp3) is 0.447. The molecule has 4 rings (SSSR count). The lowest BCUT2D eigenvalue weighted by atomic mass is 10.0. The van der Waals surface area contributed by atoms with Crippen molar-refractivity contribution < 1.29 is 46.9 Å². The Morgan fingerprint density at radius 2 is 1.60 bits per heavy atom. The van der Waals surface area contributed by atoms with Crippen LogP contribution in [0.25, 0.3) is 0 Å². The van der Waals surface area contributed by atoms with Gasteiger partial charge in [-0.2, -0.15) is 13.2 Å². The lowest BCUT2D eigenvalue weighted by Gasteiger charge is -2.35. The minimum Gasteiger partial charge on any atom is -0.497 e. The van der Waals surface area contributed by atoms with Crippen molar-refractivity contribution in [3.63, 3.8) is 0 Å². The number of alkyl halides is 3. The van der Waals surface area contributed by atoms with Gasteiger partial charge in [0.2, 0.25) is 0 Å². The van der Waals surface area contributed by atoms with E-state index in [9.17, 15) is 32.7 Å². The van der Waals surface area contributed by atoms with Gasteiger partial charge in [0.1, 0.15) is 11.5 Å². The van der Waals surface area contributed by atoms with Crippen LogP contribution >= 0.6 is 0 Å². The third-order valence-electron chi connectivity index (χ3n) is 8.92. The van der Waals surface area contributed by atoms with Crippen LogP contribution in [-0.2, 0) is 10.9 Å². The van der Waals surface area contributed by atoms with Crippen molar-refractivity contribution in [2.24, 2.45) is 5.92 Å². The number of ether oxygens (including phenoxy) is 3. The zero-order chi connectivity index (χ0) is 38.7. The van der Waals surface area contributed by atoms with Crippen LogP contribution in [0.1, 0.15) is 56.0 Å². The summed E-state index contributed by atoms with van der Waals surface area (Å²) in [5.74, 6) is 0.176. The molecule has 0 saturated heterocycles. The molecule has 0 saturated carbocycles. The number of nitrogens with zero attached hydrogens (tertiary/aromatic N) is 2. The molecule has 0 bridgehead atoms. The molecular weight excluding hydrogens is 695 g/mol. The van der Waals surface area contributed by atoms with Crippen LogP contribution in [-0.4, -0.2) is 91.6 Å². The number of benzene rings is 3. The fourth-order valence-electron chi connectivity index (χ4n) is 5.74. The van der Waals surface area contributed by atoms with Crippen molar-refractivity contribution in [3.8, 4) is 11.5 Å². The van der Waals surface area contributed by atoms with Gasteiger partial charge in [-0.3, -0.25) is 4.79 Å². The van der Waals surface area contributed by atoms with Gasteiger partial charge in [-0.1, -0.05) is 6.92 Å². The standard InChI is InChI=1S/C38H48F3N5O7/c1-24-21-46(25(2)23-47)35(48)32-20-30(43-36(49)42-28-13-16-31(51-5)17-14-28)15-18-33(32)53-26(3)8-6-7-19-52-34(24)22-45(4)37(50)44-29-11-9-27(10-12-29)38(39,40)41/h9-18,20,24-26,34,47H,6-8,19,21-23H2,1-5H3,(H,44,50)(H2,42,43,49)/t24-,25-,26-,34+/m0/s1. The van der Waals surface area contributed by atoms with Crippen molar-refractivity contribution >= 4 is 35.0 Å². The first kappa shape index (κ1) is 40.7. The molecule has 0 fully saturated rings. The van der Waals surface area contributed by atoms with Gasteiger partial charge >= 0.3 is 18.2 Å². The average molecular weight is 744 g/mol. The fourth-order valence-corrected chi connectivity index (χ4v) is 5.74. The Morgan fingerprint density at radius 3 is 2.25 bits per heavy atom. The highest BCUT2D eigenvalue weighted by Gasteiger charge is 2.32. The van der Waals surface area contributed by atoms with Gasteiger partial charge in [0.25, 0.3) is 5.91 Å². The van der Waals surface area contributed by atoms with Gasteiger partial charge < -0.3 is 45.1 Å². The average Bonchev–Trinajstić information content (AvgIpc) is 3.12. The normalized spacial score (nSPS) is 19.2. The lowest BCUT2D eigenvalue weighted by molar-refractivity contribution is -0.137. The summed E-state index contributed by atoms with van der Waals surface area (Å²) in [6.45, 7) is 5.77. The van der Waals surface area contributed by atoms with Gasteiger partial charge in [0, 0.05) is 49.7 Å². The SMILES string of the molecule is COc1ccc(NC(=O)Nc2ccc3c(c2)C(=O)N([C@@H](C)CO)C[C@H](C)[C@@H](CN(C)C(=O)Nc2ccc(C(F)(F)F)cc2)OCCCC[C@H](C)O3)cc1. The van der Waals surface area contributed by atoms with Crippen LogP contribution in [0.5, 0.6) is 11.5 Å². The summed E-state index contributed by atoms with van der Waals surface area (Å²) in [5, 5.41) is 18.4. The van der Waals surface area contributed by atoms with E-state index >= 15 is 0 Å². The monoisotopic (exact) mass is 743 g/mol. The quantitative estimate of drug-likeness (QED) is 0.190. The molecule has 3 aromatic carbocycles. The summed E-state index contributed by atoms with van der Waals surface area (Å²) >= 11 is 0. The molecule has 3 aromatic rings. The maximum absolute atomic E-state index is 14.4. The number of nitrogens with one attached hydrogen (secondary N) is 3. The lowest BCUT2D eigenvalue weighted by Crippen LogP contribution is -2.48. The number of carbonyl (C=O) groups is 3. The number of aliphatic hydroxyl groups is 1. The number of hydrogen-bond acceptors (Lipinski definition) is 7. The molecule has 0 aliphatic carbocycles. The van der Waals surface area contributed by atoms with Crippen LogP contribution in [0.2, 0.25) is 0 Å². The number of fused-ring (bicyclic) bond motifs is 1. The number of halogens is 3. The summed E-state index contributed by atoms with van der Waals surface area (Å²) in [5.41, 5.74) is 0.436. The molecule has 4 atom stereocenters. The predicted molar refractivity (Wildman–Crippen MR) is 196 cm³/mol. The summed E-state index contributed by atoms with van der Waals surface area (Å²) in [6.07, 6.45) is -3.19. The van der Waals surface area contributed by atoms with Crippen molar-refractivity contribution in [2.75, 3.05) is 56.4 Å². The van der Waals surface area contributed by atoms with Crippen molar-refractivity contribution in [1.29, 1.82) is 0 Å². The largest absolute Gasteiger partial charge is 0.497 e. The predicted octanol–water partition coefficient (Wildman–Crippen LogP) is 7.32. The number of aliphatic hydroxyl groups excluding tert-OH is 1. The summed E-state index contributed by atoms with van der Waals surface area (Å²) in [6, 6.07) is 14.1. The number of anilines is 3. The number of carbonyl (C=O) groups excluding carboxylic acids is 3. The van der Waals surface area contributed by atoms with E-state index in [0.717, 1.165) is 18.6 Å². The third-order valence-corrected chi connectivity index (χ3v) is 8.92. The van der Waals surface area contributed by atoms with Crippen LogP contribution in [0.4, 0.5) is 39.8 Å². The summed E-state index contributed by atoms with van der Waals surface area (Å²) < 4.78 is 56.7. The Balaban J connectivity index is 1.54. The third kappa shape index (κ3) is 11.7. The Labute approximate surface area is 307 Å². The van der Waals surface area contributed by atoms with Gasteiger partial charge in [-0.15, -0.1) is 0 Å². The summed E-state index contributed by atoms with van der Waals surface area (Å²) in [7, 11) is 3.10. The Kier molecular flexibility index (Phi) is 14.3. The Morgan fingerprint density at radius 1 is 0.981 bits per heavy atom. The van der Waals surface area contributed by atoms with Gasteiger partial charge in [0.15, 0.2) is 0 Å². The molecule has 15 heteroatoms. The highest BCUT2D eigenvalue weighted by atomic mass is 19.4. The molecule has 1 aliphatic rings. The molecule has 1 aliphatic heterocycles. The van der Waals surface area contributed by atoms with Crippen molar-refractivity contribution in [3.05, 3.63) is 77.9 Å². The number of amides is 5. The first-order valence-electron chi connectivity index (χ1n) is 17.4.